The molecule has 2 N–H and O–H groups in total. The highest BCUT2D eigenvalue weighted by molar-refractivity contribution is 5.91. The number of hydrogen-bond donors (Lipinski definition) is 2. The smallest absolute Gasteiger partial charge is 0.335 e. The van der Waals surface area contributed by atoms with Crippen LogP contribution in [-0.2, 0) is 0 Å². The number of carboxylic acids is 1. The largest absolute Gasteiger partial charge is 0.478 e. The molecule has 2 aromatic rings. The van der Waals surface area contributed by atoms with Crippen molar-refractivity contribution in [2.45, 2.75) is 45.4 Å². The van der Waals surface area contributed by atoms with Crippen LogP contribution in [0, 0.1) is 13.8 Å². The van der Waals surface area contributed by atoms with Gasteiger partial charge in [-0.2, -0.15) is 0 Å². The Bertz CT molecular complexity index is 685. The highest BCUT2D eigenvalue weighted by Gasteiger charge is 2.24. The van der Waals surface area contributed by atoms with Gasteiger partial charge in [0.25, 0.3) is 0 Å². The molecule has 3 rings (SSSR count). The monoisotopic (exact) mass is 285 g/mol. The fraction of sp³-hybridized carbons (Fsp3) is 0.438. The topological polar surface area (TPSA) is 78.9 Å². The summed E-state index contributed by atoms with van der Waals surface area (Å²) in [5.41, 5.74) is 3.22. The first-order valence-electron chi connectivity index (χ1n) is 7.33. The summed E-state index contributed by atoms with van der Waals surface area (Å²) in [5.74, 6) is 0.992. The highest BCUT2D eigenvalue weighted by Crippen LogP contribution is 2.39. The summed E-state index contributed by atoms with van der Waals surface area (Å²) in [6.07, 6.45) is 4.79. The minimum atomic E-state index is -0.900. The van der Waals surface area contributed by atoms with Crippen molar-refractivity contribution in [2.24, 2.45) is 0 Å². The summed E-state index contributed by atoms with van der Waals surface area (Å²) in [4.78, 5) is 14.5. The van der Waals surface area contributed by atoms with Crippen molar-refractivity contribution in [2.75, 3.05) is 0 Å². The minimum Gasteiger partial charge on any atom is -0.478 e. The molecular formula is C16H19N3O2. The van der Waals surface area contributed by atoms with Gasteiger partial charge < -0.3 is 10.1 Å². The van der Waals surface area contributed by atoms with Crippen molar-refractivity contribution in [1.82, 2.24) is 15.2 Å². The summed E-state index contributed by atoms with van der Waals surface area (Å²) in [7, 11) is 0. The lowest BCUT2D eigenvalue weighted by Gasteiger charge is -2.16. The van der Waals surface area contributed by atoms with Gasteiger partial charge >= 0.3 is 5.97 Å². The van der Waals surface area contributed by atoms with Gasteiger partial charge in [0.15, 0.2) is 5.82 Å². The number of aromatic nitrogens is 3. The predicted molar refractivity (Wildman–Crippen MR) is 79.5 cm³/mol. The summed E-state index contributed by atoms with van der Waals surface area (Å²) < 4.78 is 0. The van der Waals surface area contributed by atoms with Gasteiger partial charge in [-0.05, 0) is 49.8 Å². The molecule has 1 aromatic carbocycles. The highest BCUT2D eigenvalue weighted by atomic mass is 16.4. The van der Waals surface area contributed by atoms with E-state index in [1.54, 1.807) is 6.07 Å². The van der Waals surface area contributed by atoms with Crippen LogP contribution in [0.2, 0.25) is 0 Å². The van der Waals surface area contributed by atoms with Gasteiger partial charge in [0.2, 0.25) is 0 Å². The average Bonchev–Trinajstić information content (AvgIpc) is 3.09. The maximum Gasteiger partial charge on any atom is 0.335 e. The maximum atomic E-state index is 11.4. The fourth-order valence-electron chi connectivity index (χ4n) is 3.21. The number of aryl methyl sites for hydroxylation is 2. The number of aromatic amines is 1. The van der Waals surface area contributed by atoms with Crippen LogP contribution in [0.3, 0.4) is 0 Å². The van der Waals surface area contributed by atoms with E-state index in [-0.39, 0.29) is 0 Å². The zero-order chi connectivity index (χ0) is 15.0. The molecule has 1 fully saturated rings. The number of H-pyrrole nitrogens is 1. The molecule has 0 spiro atoms. The van der Waals surface area contributed by atoms with Crippen LogP contribution < -0.4 is 0 Å². The Hall–Kier alpha value is -2.17. The second-order valence-electron chi connectivity index (χ2n) is 5.80. The van der Waals surface area contributed by atoms with E-state index in [1.165, 1.54) is 18.4 Å². The van der Waals surface area contributed by atoms with Gasteiger partial charge in [0.05, 0.1) is 5.56 Å². The Kier molecular flexibility index (Phi) is 3.49. The molecule has 0 unspecified atom stereocenters. The van der Waals surface area contributed by atoms with E-state index in [0.29, 0.717) is 17.3 Å². The zero-order valence-electron chi connectivity index (χ0n) is 12.3. The number of nitrogens with one attached hydrogen (secondary N) is 1. The summed E-state index contributed by atoms with van der Waals surface area (Å²) >= 11 is 0. The first-order chi connectivity index (χ1) is 10.1. The molecule has 1 heterocycles. The Labute approximate surface area is 123 Å². The maximum absolute atomic E-state index is 11.4. The number of aromatic carboxylic acids is 1. The molecule has 21 heavy (non-hydrogen) atoms. The molecule has 1 aliphatic carbocycles. The van der Waals surface area contributed by atoms with Crippen LogP contribution in [0.5, 0.6) is 0 Å². The van der Waals surface area contributed by atoms with Crippen molar-refractivity contribution >= 4 is 5.97 Å². The van der Waals surface area contributed by atoms with Crippen LogP contribution in [0.4, 0.5) is 0 Å². The first-order valence-corrected chi connectivity index (χ1v) is 7.33. The van der Waals surface area contributed by atoms with E-state index in [9.17, 15) is 9.90 Å². The molecule has 0 saturated heterocycles. The van der Waals surface area contributed by atoms with Crippen molar-refractivity contribution in [1.29, 1.82) is 0 Å². The molecule has 0 atom stereocenters. The summed E-state index contributed by atoms with van der Waals surface area (Å²) in [6, 6.07) is 3.76. The molecule has 0 amide bonds. The van der Waals surface area contributed by atoms with Crippen molar-refractivity contribution in [3.8, 4) is 11.4 Å². The van der Waals surface area contributed by atoms with E-state index in [2.05, 4.69) is 15.2 Å². The van der Waals surface area contributed by atoms with Gasteiger partial charge in [-0.25, -0.2) is 4.79 Å². The van der Waals surface area contributed by atoms with E-state index in [1.807, 2.05) is 19.9 Å². The Morgan fingerprint density at radius 3 is 2.52 bits per heavy atom. The molecule has 1 aromatic heterocycles. The summed E-state index contributed by atoms with van der Waals surface area (Å²) in [5, 5.41) is 17.5. The van der Waals surface area contributed by atoms with Gasteiger partial charge in [-0.1, -0.05) is 18.9 Å². The van der Waals surface area contributed by atoms with Crippen LogP contribution >= 0.6 is 0 Å². The molecule has 0 radical (unpaired) electrons. The normalized spacial score (nSPS) is 15.5. The third-order valence-corrected chi connectivity index (χ3v) is 4.28. The van der Waals surface area contributed by atoms with Crippen LogP contribution in [0.15, 0.2) is 12.1 Å². The lowest BCUT2D eigenvalue weighted by Crippen LogP contribution is -2.05. The second kappa shape index (κ2) is 5.31. The van der Waals surface area contributed by atoms with E-state index in [0.717, 1.165) is 29.8 Å². The second-order valence-corrected chi connectivity index (χ2v) is 5.80. The molecule has 1 aliphatic rings. The fourth-order valence-corrected chi connectivity index (χ4v) is 3.21. The number of rotatable bonds is 3. The predicted octanol–water partition coefficient (Wildman–Crippen LogP) is 3.44. The van der Waals surface area contributed by atoms with Crippen LogP contribution in [0.1, 0.15) is 58.9 Å². The van der Waals surface area contributed by atoms with E-state index >= 15 is 0 Å². The van der Waals surface area contributed by atoms with Crippen molar-refractivity contribution < 1.29 is 9.90 Å². The van der Waals surface area contributed by atoms with E-state index < -0.39 is 5.97 Å². The molecule has 5 heteroatoms. The molecule has 110 valence electrons. The van der Waals surface area contributed by atoms with Crippen molar-refractivity contribution in [3.05, 3.63) is 34.6 Å². The molecule has 1 saturated carbocycles. The van der Waals surface area contributed by atoms with Crippen LogP contribution in [-0.4, -0.2) is 26.3 Å². The molecule has 0 aliphatic heterocycles. The van der Waals surface area contributed by atoms with Gasteiger partial charge in [0, 0.05) is 5.56 Å². The third kappa shape index (κ3) is 2.55. The van der Waals surface area contributed by atoms with Crippen molar-refractivity contribution in [3.63, 3.8) is 0 Å². The minimum absolute atomic E-state index is 0.334. The van der Waals surface area contributed by atoms with E-state index in [4.69, 9.17) is 0 Å². The number of nitrogens with zero attached hydrogens (tertiary/aromatic N) is 2. The Morgan fingerprint density at radius 2 is 1.95 bits per heavy atom. The number of hydrogen-bond acceptors (Lipinski definition) is 3. The van der Waals surface area contributed by atoms with Gasteiger partial charge in [-0.15, -0.1) is 10.2 Å². The average molecular weight is 285 g/mol. The Balaban J connectivity index is 2.17. The standard InChI is InChI=1S/C16H19N3O2/c1-9-7-13(11-5-3-4-6-11)14(8-12(9)16(20)21)15-17-10(2)18-19-15/h7-8,11H,3-6H2,1-2H3,(H,20,21)(H,17,18,19). The number of carboxylic acid groups (broad SMARTS) is 1. The molecule has 5 nitrogen and oxygen atoms in total. The SMILES string of the molecule is Cc1nnc(-c2cc(C(=O)O)c(C)cc2C2CCCC2)[nH]1. The van der Waals surface area contributed by atoms with Gasteiger partial charge in [0.1, 0.15) is 5.82 Å². The Morgan fingerprint density at radius 1 is 1.24 bits per heavy atom. The molecule has 0 bridgehead atoms. The number of benzene rings is 1. The third-order valence-electron chi connectivity index (χ3n) is 4.28. The van der Waals surface area contributed by atoms with Gasteiger partial charge in [-0.3, -0.25) is 0 Å². The zero-order valence-corrected chi connectivity index (χ0v) is 12.3. The number of carbonyl (C=O) groups is 1. The lowest BCUT2D eigenvalue weighted by molar-refractivity contribution is 0.0696. The van der Waals surface area contributed by atoms with Crippen LogP contribution in [0.25, 0.3) is 11.4 Å². The molecular weight excluding hydrogens is 266 g/mol. The first kappa shape index (κ1) is 13.8. The lowest BCUT2D eigenvalue weighted by atomic mass is 9.89. The summed E-state index contributed by atoms with van der Waals surface area (Å²) in [6.45, 7) is 3.70. The quantitative estimate of drug-likeness (QED) is 0.905.